The van der Waals surface area contributed by atoms with E-state index in [9.17, 15) is 26.7 Å². The summed E-state index contributed by atoms with van der Waals surface area (Å²) in [6, 6.07) is 2.71. The molecule has 1 amide bonds. The van der Waals surface area contributed by atoms with Crippen molar-refractivity contribution in [3.8, 4) is 11.8 Å². The maximum absolute atomic E-state index is 13.8. The summed E-state index contributed by atoms with van der Waals surface area (Å²) >= 11 is 0. The first kappa shape index (κ1) is 34.1. The Labute approximate surface area is 251 Å². The van der Waals surface area contributed by atoms with Crippen LogP contribution < -0.4 is 21.4 Å². The van der Waals surface area contributed by atoms with Gasteiger partial charge in [0.1, 0.15) is 31.2 Å². The van der Waals surface area contributed by atoms with Crippen LogP contribution in [0.3, 0.4) is 0 Å². The van der Waals surface area contributed by atoms with Gasteiger partial charge in [0.15, 0.2) is 0 Å². The van der Waals surface area contributed by atoms with Crippen molar-refractivity contribution in [1.82, 2.24) is 4.98 Å². The van der Waals surface area contributed by atoms with Crippen LogP contribution >= 0.6 is 0 Å². The molecule has 0 bridgehead atoms. The predicted octanol–water partition coefficient (Wildman–Crippen LogP) is 5.01. The lowest BCUT2D eigenvalue weighted by Gasteiger charge is -2.18. The zero-order valence-electron chi connectivity index (χ0n) is 24.8. The smallest absolute Gasteiger partial charge is 0.392 e. The lowest BCUT2D eigenvalue weighted by molar-refractivity contribution is -0.148. The number of benzene rings is 1. The molecule has 1 aromatic carbocycles. The molecule has 13 heteroatoms. The molecule has 1 fully saturated rings. The number of nitrogens with zero attached hydrogens (tertiary/aromatic N) is 3. The number of fused-ring (bicyclic) bond motifs is 1. The average molecular weight is 599 g/mol. The Kier molecular flexibility index (Phi) is 10.7. The molecule has 2 aromatic rings. The number of amidine groups is 1. The van der Waals surface area contributed by atoms with Gasteiger partial charge in [-0.2, -0.15) is 32.2 Å². The molecule has 6 nitrogen and oxygen atoms in total. The van der Waals surface area contributed by atoms with Crippen molar-refractivity contribution >= 4 is 37.8 Å². The number of hydrogen-bond acceptors (Lipinski definition) is 4. The molecule has 227 valence electrons. The summed E-state index contributed by atoms with van der Waals surface area (Å²) in [6.45, 7) is 9.87. The summed E-state index contributed by atoms with van der Waals surface area (Å²) in [5.74, 6) is -3.54. The number of carbonyl (C=O) groups is 1. The van der Waals surface area contributed by atoms with Gasteiger partial charge in [-0.15, -0.1) is 0 Å². The number of amides is 1. The van der Waals surface area contributed by atoms with Crippen LogP contribution in [-0.4, -0.2) is 44.0 Å². The Morgan fingerprint density at radius 2 is 1.93 bits per heavy atom. The lowest BCUT2D eigenvalue weighted by atomic mass is 9.69. The van der Waals surface area contributed by atoms with Crippen LogP contribution in [-0.2, 0) is 4.79 Å². The van der Waals surface area contributed by atoms with Gasteiger partial charge < -0.3 is 10.5 Å². The molecule has 1 aromatic heterocycles. The molecule has 1 aliphatic heterocycles. The number of ether oxygens (including phenoxy) is 1. The third-order valence-electron chi connectivity index (χ3n) is 7.28. The van der Waals surface area contributed by atoms with E-state index in [1.54, 1.807) is 6.07 Å². The van der Waals surface area contributed by atoms with E-state index in [4.69, 9.17) is 23.6 Å². The molecule has 0 spiro atoms. The van der Waals surface area contributed by atoms with E-state index in [0.29, 0.717) is 37.2 Å². The van der Waals surface area contributed by atoms with Crippen molar-refractivity contribution < 1.29 is 31.5 Å². The maximum Gasteiger partial charge on any atom is 0.392 e. The normalized spacial score (nSPS) is 19.5. The van der Waals surface area contributed by atoms with Crippen LogP contribution in [0.5, 0.6) is 5.75 Å². The number of rotatable bonds is 8. The number of alkyl halides is 5. The quantitative estimate of drug-likeness (QED) is 0.199. The zero-order chi connectivity index (χ0) is 32.3. The third-order valence-corrected chi connectivity index (χ3v) is 7.28. The van der Waals surface area contributed by atoms with Crippen molar-refractivity contribution in [2.75, 3.05) is 0 Å². The van der Waals surface area contributed by atoms with E-state index < -0.39 is 29.9 Å². The number of carbonyl (C=O) groups excluding carboxylic acids is 1. The number of aryl methyl sites for hydroxylation is 1. The lowest BCUT2D eigenvalue weighted by Crippen LogP contribution is -2.30. The van der Waals surface area contributed by atoms with Crippen LogP contribution in [0.4, 0.5) is 22.0 Å². The standard InChI is InChI=1S/C23H29BF5N2O2.C7H5BN2/c1-11(2)5-6-13(9-12(3)4)21(32)31-20(30)14-7-8-17-19(33-23(28,29)24-17)18(14)15-10-16(15)22(25,26)27;1-5-2-6(8)4-10-7(5)3-9/h7-8,11-13,15-16H,5-6,9-10H2,1-4H3,(H2,30,31,32);2,4H,1H3. The fraction of sp³-hybridized carbons (Fsp3) is 0.533. The largest absolute Gasteiger partial charge is 0.441 e. The molecule has 3 atom stereocenters. The van der Waals surface area contributed by atoms with Gasteiger partial charge in [0, 0.05) is 29.2 Å². The van der Waals surface area contributed by atoms with Gasteiger partial charge >= 0.3 is 19.5 Å². The van der Waals surface area contributed by atoms with Gasteiger partial charge in [0.2, 0.25) is 0 Å². The molecular weight excluding hydrogens is 565 g/mol. The highest BCUT2D eigenvalue weighted by atomic mass is 19.4. The molecule has 2 aliphatic rings. The number of aliphatic imine (C=N–C) groups is 1. The fourth-order valence-electron chi connectivity index (χ4n) is 5.09. The number of halogens is 5. The van der Waals surface area contributed by atoms with Crippen molar-refractivity contribution in [3.05, 3.63) is 46.8 Å². The Morgan fingerprint density at radius 3 is 2.47 bits per heavy atom. The second-order valence-electron chi connectivity index (χ2n) is 11.9. The number of pyridine rings is 1. The summed E-state index contributed by atoms with van der Waals surface area (Å²) in [5.41, 5.74) is 7.94. The van der Waals surface area contributed by atoms with E-state index in [1.807, 2.05) is 40.7 Å². The monoisotopic (exact) mass is 599 g/mol. The van der Waals surface area contributed by atoms with Crippen LogP contribution in [0.1, 0.15) is 81.7 Å². The highest BCUT2D eigenvalue weighted by Crippen LogP contribution is 2.59. The number of nitrogens with two attached hydrogens (primary N) is 1. The third kappa shape index (κ3) is 9.04. The second-order valence-corrected chi connectivity index (χ2v) is 11.9. The van der Waals surface area contributed by atoms with Gasteiger partial charge in [0.05, 0.1) is 5.92 Å². The molecule has 43 heavy (non-hydrogen) atoms. The predicted molar refractivity (Wildman–Crippen MR) is 156 cm³/mol. The topological polar surface area (TPSA) is 101 Å². The first-order chi connectivity index (χ1) is 19.9. The molecule has 1 aliphatic carbocycles. The summed E-state index contributed by atoms with van der Waals surface area (Å²) in [6.07, 6.45) is -1.22. The maximum atomic E-state index is 13.8. The first-order valence-electron chi connectivity index (χ1n) is 14.1. The van der Waals surface area contributed by atoms with E-state index in [1.165, 1.54) is 18.3 Å². The minimum Gasteiger partial charge on any atom is -0.441 e. The minimum absolute atomic E-state index is 0.000295. The Hall–Kier alpha value is -3.42. The highest BCUT2D eigenvalue weighted by Gasteiger charge is 2.58. The van der Waals surface area contributed by atoms with E-state index in [2.05, 4.69) is 9.98 Å². The molecule has 0 saturated heterocycles. The molecule has 4 rings (SSSR count). The van der Waals surface area contributed by atoms with Gasteiger partial charge in [-0.05, 0) is 49.0 Å². The molecule has 3 radical (unpaired) electrons. The minimum atomic E-state index is -4.48. The van der Waals surface area contributed by atoms with Gasteiger partial charge in [-0.25, -0.2) is 4.98 Å². The fourth-order valence-corrected chi connectivity index (χ4v) is 5.09. The zero-order valence-corrected chi connectivity index (χ0v) is 24.8. The Bertz CT molecular complexity index is 1410. The van der Waals surface area contributed by atoms with Crippen molar-refractivity contribution in [2.45, 2.75) is 78.4 Å². The molecule has 2 heterocycles. The van der Waals surface area contributed by atoms with E-state index in [0.717, 1.165) is 12.0 Å². The Morgan fingerprint density at radius 1 is 1.26 bits per heavy atom. The van der Waals surface area contributed by atoms with Crippen LogP contribution in [0.25, 0.3) is 0 Å². The van der Waals surface area contributed by atoms with Crippen molar-refractivity contribution in [2.24, 2.45) is 34.4 Å². The van der Waals surface area contributed by atoms with Crippen LogP contribution in [0.15, 0.2) is 29.4 Å². The highest BCUT2D eigenvalue weighted by molar-refractivity contribution is 6.58. The molecule has 2 N–H and O–H groups in total. The summed E-state index contributed by atoms with van der Waals surface area (Å²) in [7, 11) is 5.97. The van der Waals surface area contributed by atoms with Crippen molar-refractivity contribution in [1.29, 1.82) is 5.26 Å². The van der Waals surface area contributed by atoms with Gasteiger partial charge in [0.25, 0.3) is 5.91 Å². The molecular formula is C30H34B2F5N4O2. The first-order valence-corrected chi connectivity index (χ1v) is 14.1. The van der Waals surface area contributed by atoms with Gasteiger partial charge in [-0.1, -0.05) is 57.8 Å². The molecule has 1 saturated carbocycles. The SMILES string of the molecule is CC(C)CCC(CC(C)C)C(=O)N=C(N)c1ccc2c(c1C1CC1C(F)(F)F)OC(F)(F)[B]2.[B]c1cnc(C#N)c(C)c1. The van der Waals surface area contributed by atoms with E-state index in [-0.39, 0.29) is 46.4 Å². The Balaban J connectivity index is 0.000000428. The van der Waals surface area contributed by atoms with Crippen LogP contribution in [0.2, 0.25) is 0 Å². The number of aromatic nitrogens is 1. The van der Waals surface area contributed by atoms with Crippen molar-refractivity contribution in [3.63, 3.8) is 0 Å². The summed E-state index contributed by atoms with van der Waals surface area (Å²) < 4.78 is 72.2. The van der Waals surface area contributed by atoms with Crippen LogP contribution in [0, 0.1) is 41.9 Å². The number of hydrogen-bond donors (Lipinski definition) is 1. The average Bonchev–Trinajstić information content (AvgIpc) is 3.62. The van der Waals surface area contributed by atoms with Gasteiger partial charge in [-0.3, -0.25) is 4.79 Å². The van der Waals surface area contributed by atoms with E-state index >= 15 is 0 Å². The summed E-state index contributed by atoms with van der Waals surface area (Å²) in [4.78, 5) is 20.8. The number of nitriles is 1. The second kappa shape index (κ2) is 13.5. The molecule has 3 unspecified atom stereocenters. The summed E-state index contributed by atoms with van der Waals surface area (Å²) in [5, 5.41) is 8.46.